The van der Waals surface area contributed by atoms with Crippen LogP contribution in [0.1, 0.15) is 16.7 Å². The SMILES string of the molecule is Cc1ccc(CCNS(=O)(=O)c2cccs2)c(C)c1. The topological polar surface area (TPSA) is 46.2 Å². The minimum absolute atomic E-state index is 0.369. The largest absolute Gasteiger partial charge is 0.250 e. The molecular formula is C14H17NO2S2. The third-order valence-electron chi connectivity index (χ3n) is 2.94. The molecule has 0 radical (unpaired) electrons. The second-order valence-corrected chi connectivity index (χ2v) is 7.45. The monoisotopic (exact) mass is 295 g/mol. The normalized spacial score (nSPS) is 11.7. The summed E-state index contributed by atoms with van der Waals surface area (Å²) in [6.45, 7) is 4.52. The van der Waals surface area contributed by atoms with Crippen molar-refractivity contribution in [3.63, 3.8) is 0 Å². The molecule has 102 valence electrons. The van der Waals surface area contributed by atoms with Gasteiger partial charge in [0.2, 0.25) is 10.0 Å². The van der Waals surface area contributed by atoms with Crippen molar-refractivity contribution in [2.24, 2.45) is 0 Å². The average Bonchev–Trinajstić information content (AvgIpc) is 2.86. The molecule has 0 amide bonds. The number of hydrogen-bond acceptors (Lipinski definition) is 3. The van der Waals surface area contributed by atoms with E-state index in [9.17, 15) is 8.42 Å². The van der Waals surface area contributed by atoms with Gasteiger partial charge < -0.3 is 0 Å². The molecule has 1 aromatic carbocycles. The number of benzene rings is 1. The van der Waals surface area contributed by atoms with Crippen LogP contribution in [0.5, 0.6) is 0 Å². The Hall–Kier alpha value is -1.17. The highest BCUT2D eigenvalue weighted by Gasteiger charge is 2.14. The number of aryl methyl sites for hydroxylation is 2. The number of rotatable bonds is 5. The Morgan fingerprint density at radius 2 is 2.00 bits per heavy atom. The lowest BCUT2D eigenvalue weighted by Crippen LogP contribution is -2.25. The van der Waals surface area contributed by atoms with Gasteiger partial charge in [-0.1, -0.05) is 29.8 Å². The predicted molar refractivity (Wildman–Crippen MR) is 79.1 cm³/mol. The van der Waals surface area contributed by atoms with E-state index in [-0.39, 0.29) is 0 Å². The van der Waals surface area contributed by atoms with Crippen LogP contribution in [0.4, 0.5) is 0 Å². The molecule has 0 saturated heterocycles. The summed E-state index contributed by atoms with van der Waals surface area (Å²) in [5.74, 6) is 0. The van der Waals surface area contributed by atoms with Crippen molar-refractivity contribution in [1.29, 1.82) is 0 Å². The number of thiophene rings is 1. The van der Waals surface area contributed by atoms with E-state index in [1.165, 1.54) is 28.0 Å². The zero-order chi connectivity index (χ0) is 13.9. The fourth-order valence-corrected chi connectivity index (χ4v) is 4.00. The van der Waals surface area contributed by atoms with E-state index in [0.717, 1.165) is 0 Å². The Morgan fingerprint density at radius 1 is 1.21 bits per heavy atom. The van der Waals surface area contributed by atoms with Crippen molar-refractivity contribution in [3.05, 3.63) is 52.4 Å². The molecule has 3 nitrogen and oxygen atoms in total. The highest BCUT2D eigenvalue weighted by molar-refractivity contribution is 7.91. The van der Waals surface area contributed by atoms with Gasteiger partial charge >= 0.3 is 0 Å². The Balaban J connectivity index is 1.97. The van der Waals surface area contributed by atoms with E-state index in [1.54, 1.807) is 17.5 Å². The van der Waals surface area contributed by atoms with E-state index >= 15 is 0 Å². The first kappa shape index (κ1) is 14.2. The van der Waals surface area contributed by atoms with E-state index < -0.39 is 10.0 Å². The molecule has 0 aliphatic rings. The van der Waals surface area contributed by atoms with Gasteiger partial charge in [-0.2, -0.15) is 0 Å². The first-order chi connectivity index (χ1) is 8.99. The predicted octanol–water partition coefficient (Wildman–Crippen LogP) is 2.89. The van der Waals surface area contributed by atoms with Gasteiger partial charge in [-0.15, -0.1) is 11.3 Å². The van der Waals surface area contributed by atoms with E-state index in [0.29, 0.717) is 17.2 Å². The lowest BCUT2D eigenvalue weighted by molar-refractivity contribution is 0.583. The molecule has 19 heavy (non-hydrogen) atoms. The molecule has 2 aromatic rings. The summed E-state index contributed by atoms with van der Waals surface area (Å²) in [6.07, 6.45) is 0.705. The summed E-state index contributed by atoms with van der Waals surface area (Å²) >= 11 is 1.23. The van der Waals surface area contributed by atoms with Crippen LogP contribution in [0.25, 0.3) is 0 Å². The fourth-order valence-electron chi connectivity index (χ4n) is 1.93. The lowest BCUT2D eigenvalue weighted by Gasteiger charge is -2.08. The van der Waals surface area contributed by atoms with Crippen LogP contribution >= 0.6 is 11.3 Å². The van der Waals surface area contributed by atoms with Crippen LogP contribution < -0.4 is 4.72 Å². The molecule has 1 N–H and O–H groups in total. The van der Waals surface area contributed by atoms with Gasteiger partial charge in [-0.05, 0) is 42.8 Å². The third kappa shape index (κ3) is 3.65. The minimum Gasteiger partial charge on any atom is -0.210 e. The second kappa shape index (κ2) is 5.86. The fraction of sp³-hybridized carbons (Fsp3) is 0.286. The van der Waals surface area contributed by atoms with Gasteiger partial charge in [-0.3, -0.25) is 0 Å². The molecule has 0 fully saturated rings. The highest BCUT2D eigenvalue weighted by atomic mass is 32.2. The summed E-state index contributed by atoms with van der Waals surface area (Å²) in [6, 6.07) is 9.58. The summed E-state index contributed by atoms with van der Waals surface area (Å²) in [7, 11) is -3.34. The van der Waals surface area contributed by atoms with Gasteiger partial charge in [0.05, 0.1) is 0 Å². The number of nitrogens with one attached hydrogen (secondary N) is 1. The Labute approximate surface area is 118 Å². The van der Waals surface area contributed by atoms with Crippen molar-refractivity contribution in [1.82, 2.24) is 4.72 Å². The molecule has 5 heteroatoms. The molecule has 0 aliphatic carbocycles. The molecule has 0 spiro atoms. The molecule has 2 rings (SSSR count). The molecular weight excluding hydrogens is 278 g/mol. The summed E-state index contributed by atoms with van der Waals surface area (Å²) in [5.41, 5.74) is 3.61. The van der Waals surface area contributed by atoms with Gasteiger partial charge in [0.1, 0.15) is 4.21 Å². The maximum atomic E-state index is 11.9. The Kier molecular flexibility index (Phi) is 4.39. The molecule has 1 heterocycles. The molecule has 0 aliphatic heterocycles. The van der Waals surface area contributed by atoms with Crippen molar-refractivity contribution < 1.29 is 8.42 Å². The van der Waals surface area contributed by atoms with Gasteiger partial charge in [0.15, 0.2) is 0 Å². The number of hydrogen-bond donors (Lipinski definition) is 1. The van der Waals surface area contributed by atoms with Crippen molar-refractivity contribution in [3.8, 4) is 0 Å². The van der Waals surface area contributed by atoms with E-state index in [1.807, 2.05) is 0 Å². The zero-order valence-corrected chi connectivity index (χ0v) is 12.6. The molecule has 0 unspecified atom stereocenters. The summed E-state index contributed by atoms with van der Waals surface area (Å²) in [4.78, 5) is 0. The van der Waals surface area contributed by atoms with Crippen LogP contribution in [-0.4, -0.2) is 15.0 Å². The number of sulfonamides is 1. The van der Waals surface area contributed by atoms with Crippen molar-refractivity contribution >= 4 is 21.4 Å². The third-order valence-corrected chi connectivity index (χ3v) is 5.80. The molecule has 0 atom stereocenters. The van der Waals surface area contributed by atoms with E-state index in [2.05, 4.69) is 36.8 Å². The van der Waals surface area contributed by atoms with E-state index in [4.69, 9.17) is 0 Å². The maximum Gasteiger partial charge on any atom is 0.250 e. The highest BCUT2D eigenvalue weighted by Crippen LogP contribution is 2.15. The van der Waals surface area contributed by atoms with Gasteiger partial charge in [0, 0.05) is 6.54 Å². The Morgan fingerprint density at radius 3 is 2.63 bits per heavy atom. The summed E-state index contributed by atoms with van der Waals surface area (Å²) < 4.78 is 26.8. The molecule has 1 aromatic heterocycles. The first-order valence-corrected chi connectivity index (χ1v) is 8.44. The smallest absolute Gasteiger partial charge is 0.210 e. The van der Waals surface area contributed by atoms with Crippen LogP contribution in [0, 0.1) is 13.8 Å². The van der Waals surface area contributed by atoms with Gasteiger partial charge in [-0.25, -0.2) is 13.1 Å². The van der Waals surface area contributed by atoms with Crippen molar-refractivity contribution in [2.75, 3.05) is 6.54 Å². The molecule has 0 saturated carbocycles. The molecule has 0 bridgehead atoms. The van der Waals surface area contributed by atoms with Crippen LogP contribution in [0.2, 0.25) is 0 Å². The standard InChI is InChI=1S/C14H17NO2S2/c1-11-5-6-13(12(2)10-11)7-8-15-19(16,17)14-4-3-9-18-14/h3-6,9-10,15H,7-8H2,1-2H3. The zero-order valence-electron chi connectivity index (χ0n) is 11.0. The van der Waals surface area contributed by atoms with Crippen molar-refractivity contribution in [2.45, 2.75) is 24.5 Å². The second-order valence-electron chi connectivity index (χ2n) is 4.51. The summed E-state index contributed by atoms with van der Waals surface area (Å²) in [5, 5.41) is 1.76. The maximum absolute atomic E-state index is 11.9. The Bertz CT molecular complexity index is 646. The van der Waals surface area contributed by atoms with Crippen LogP contribution in [0.15, 0.2) is 39.9 Å². The van der Waals surface area contributed by atoms with Crippen LogP contribution in [0.3, 0.4) is 0 Å². The lowest BCUT2D eigenvalue weighted by atomic mass is 10.0. The quantitative estimate of drug-likeness (QED) is 0.922. The van der Waals surface area contributed by atoms with Gasteiger partial charge in [0.25, 0.3) is 0 Å². The average molecular weight is 295 g/mol. The first-order valence-electron chi connectivity index (χ1n) is 6.08. The van der Waals surface area contributed by atoms with Crippen LogP contribution in [-0.2, 0) is 16.4 Å². The minimum atomic E-state index is -3.34.